The lowest BCUT2D eigenvalue weighted by molar-refractivity contribution is -0.137. The van der Waals surface area contributed by atoms with Crippen molar-refractivity contribution in [2.45, 2.75) is 49.3 Å². The fraction of sp³-hybridized carbons (Fsp3) is 0.444. The molecule has 0 radical (unpaired) electrons. The maximum atomic E-state index is 13.8. The largest absolute Gasteiger partial charge is 0.484 e. The number of alkyl carbamates (subject to hydrolysis) is 1. The molecule has 246 valence electrons. The molecule has 2 aromatic rings. The van der Waals surface area contributed by atoms with Crippen molar-refractivity contribution in [2.24, 2.45) is 0 Å². The average Bonchev–Trinajstić information content (AvgIpc) is 2.97. The number of phosphoric ester groups is 1. The van der Waals surface area contributed by atoms with E-state index in [0.29, 0.717) is 12.8 Å². The maximum absolute atomic E-state index is 13.8. The first-order valence-electron chi connectivity index (χ1n) is 13.6. The minimum atomic E-state index is -4.74. The van der Waals surface area contributed by atoms with Crippen LogP contribution in [0, 0.1) is 11.6 Å². The van der Waals surface area contributed by atoms with E-state index in [2.05, 4.69) is 20.5 Å². The molecule has 45 heavy (non-hydrogen) atoms. The number of benzene rings is 2. The molecular weight excluding hydrogens is 666 g/mol. The maximum Gasteiger partial charge on any atom is 0.469 e. The second-order valence-electron chi connectivity index (χ2n) is 10.6. The summed E-state index contributed by atoms with van der Waals surface area (Å²) in [5, 5.41) is 7.94. The molecule has 0 heterocycles. The third kappa shape index (κ3) is 9.65. The number of halogens is 4. The van der Waals surface area contributed by atoms with Crippen molar-refractivity contribution in [3.63, 3.8) is 0 Å². The number of ether oxygens (including phenoxy) is 3. The van der Waals surface area contributed by atoms with Crippen molar-refractivity contribution < 1.29 is 56.3 Å². The molecule has 5 rings (SSSR count). The van der Waals surface area contributed by atoms with Gasteiger partial charge >= 0.3 is 13.9 Å². The van der Waals surface area contributed by atoms with Crippen molar-refractivity contribution in [1.82, 2.24) is 16.0 Å². The Kier molecular flexibility index (Phi) is 11.2. The molecule has 2 bridgehead atoms. The van der Waals surface area contributed by atoms with Gasteiger partial charge in [0, 0.05) is 30.6 Å². The van der Waals surface area contributed by atoms with Crippen LogP contribution in [0.5, 0.6) is 11.5 Å². The zero-order valence-electron chi connectivity index (χ0n) is 23.5. The molecular formula is C27H30Cl2F2N3O10P. The first kappa shape index (κ1) is 34.7. The van der Waals surface area contributed by atoms with Crippen molar-refractivity contribution in [2.75, 3.05) is 26.4 Å². The van der Waals surface area contributed by atoms with Crippen LogP contribution in [0.3, 0.4) is 0 Å². The number of amides is 3. The first-order valence-corrected chi connectivity index (χ1v) is 15.9. The standard InChI is InChI=1S/C27H30Cl2F2N3O10P/c28-18-3-1-16(11-20(18)30)41-14-23(35)33-26-5-7-27(8-6-26,22(13-26)44-25(37)32-9-10-43-45(38,39)40)34-24(36)15-42-17-2-4-19(29)21(31)12-17/h1-4,11-12,22H,5-10,13-15H2,(H,32,37)(H,33,35)(H,34,36)(H2,38,39,40). The normalized spacial score (nSPS) is 22.3. The lowest BCUT2D eigenvalue weighted by Crippen LogP contribution is -2.71. The predicted molar refractivity (Wildman–Crippen MR) is 155 cm³/mol. The zero-order valence-corrected chi connectivity index (χ0v) is 25.9. The first-order chi connectivity index (χ1) is 21.2. The molecule has 18 heteroatoms. The molecule has 3 aliphatic carbocycles. The Morgan fingerprint density at radius 2 is 1.42 bits per heavy atom. The van der Waals surface area contributed by atoms with E-state index in [0.717, 1.165) is 12.1 Å². The monoisotopic (exact) mass is 695 g/mol. The van der Waals surface area contributed by atoms with Crippen molar-refractivity contribution in [3.05, 3.63) is 58.1 Å². The van der Waals surface area contributed by atoms with Crippen LogP contribution in [0.15, 0.2) is 36.4 Å². The van der Waals surface area contributed by atoms with E-state index < -0.39 is 74.4 Å². The van der Waals surface area contributed by atoms with Crippen LogP contribution >= 0.6 is 31.0 Å². The summed E-state index contributed by atoms with van der Waals surface area (Å²) < 4.78 is 59.1. The van der Waals surface area contributed by atoms with Gasteiger partial charge in [-0.15, -0.1) is 0 Å². The minimum absolute atomic E-state index is 0.0758. The van der Waals surface area contributed by atoms with Crippen LogP contribution in [0.1, 0.15) is 32.1 Å². The van der Waals surface area contributed by atoms with Crippen LogP contribution in [0.4, 0.5) is 13.6 Å². The summed E-state index contributed by atoms with van der Waals surface area (Å²) in [6.45, 7) is -1.69. The van der Waals surface area contributed by atoms with Gasteiger partial charge < -0.3 is 39.9 Å². The predicted octanol–water partition coefficient (Wildman–Crippen LogP) is 3.62. The Bertz CT molecular complexity index is 1470. The number of nitrogens with one attached hydrogen (secondary N) is 3. The van der Waals surface area contributed by atoms with Gasteiger partial charge in [-0.3, -0.25) is 14.1 Å². The van der Waals surface area contributed by atoms with Gasteiger partial charge in [0.2, 0.25) is 0 Å². The molecule has 3 amide bonds. The number of carbonyl (C=O) groups is 3. The lowest BCUT2D eigenvalue weighted by Gasteiger charge is -2.57. The zero-order chi connectivity index (χ0) is 32.8. The minimum Gasteiger partial charge on any atom is -0.484 e. The Morgan fingerprint density at radius 3 is 1.93 bits per heavy atom. The molecule has 2 aromatic carbocycles. The highest BCUT2D eigenvalue weighted by Gasteiger charge is 2.57. The summed E-state index contributed by atoms with van der Waals surface area (Å²) in [6.07, 6.45) is -0.423. The number of hydrogen-bond donors (Lipinski definition) is 5. The van der Waals surface area contributed by atoms with Gasteiger partial charge in [-0.1, -0.05) is 23.2 Å². The van der Waals surface area contributed by atoms with Gasteiger partial charge in [-0.25, -0.2) is 18.1 Å². The van der Waals surface area contributed by atoms with Crippen molar-refractivity contribution in [3.8, 4) is 11.5 Å². The van der Waals surface area contributed by atoms with Gasteiger partial charge in [-0.2, -0.15) is 0 Å². The van der Waals surface area contributed by atoms with Gasteiger partial charge in [0.1, 0.15) is 29.2 Å². The second kappa shape index (κ2) is 14.5. The van der Waals surface area contributed by atoms with Crippen molar-refractivity contribution in [1.29, 1.82) is 0 Å². The number of rotatable bonds is 13. The Balaban J connectivity index is 1.40. The van der Waals surface area contributed by atoms with E-state index in [1.165, 1.54) is 24.3 Å². The fourth-order valence-electron chi connectivity index (χ4n) is 5.35. The third-order valence-corrected chi connectivity index (χ3v) is 8.62. The summed E-state index contributed by atoms with van der Waals surface area (Å²) in [4.78, 5) is 56.0. The van der Waals surface area contributed by atoms with Crippen LogP contribution in [-0.4, -0.2) is 71.2 Å². The van der Waals surface area contributed by atoms with E-state index in [1.54, 1.807) is 0 Å². The van der Waals surface area contributed by atoms with Gasteiger partial charge in [0.05, 0.1) is 22.2 Å². The quantitative estimate of drug-likeness (QED) is 0.153. The molecule has 1 atom stereocenters. The molecule has 3 aliphatic rings. The van der Waals surface area contributed by atoms with Crippen molar-refractivity contribution >= 4 is 48.9 Å². The highest BCUT2D eigenvalue weighted by molar-refractivity contribution is 7.46. The average molecular weight is 696 g/mol. The summed E-state index contributed by atoms with van der Waals surface area (Å²) in [6, 6.07) is 7.47. The van der Waals surface area contributed by atoms with Crippen LogP contribution in [-0.2, 0) is 23.4 Å². The third-order valence-electron chi connectivity index (χ3n) is 7.49. The molecule has 1 unspecified atom stereocenters. The van der Waals surface area contributed by atoms with Crippen LogP contribution in [0.2, 0.25) is 10.0 Å². The van der Waals surface area contributed by atoms with E-state index >= 15 is 0 Å². The molecule has 0 aliphatic heterocycles. The van der Waals surface area contributed by atoms with E-state index in [4.69, 9.17) is 47.2 Å². The molecule has 3 saturated carbocycles. The molecule has 13 nitrogen and oxygen atoms in total. The second-order valence-corrected chi connectivity index (χ2v) is 12.7. The molecule has 0 saturated heterocycles. The topological polar surface area (TPSA) is 182 Å². The number of phosphoric acid groups is 1. The van der Waals surface area contributed by atoms with Crippen LogP contribution in [0.25, 0.3) is 0 Å². The number of carbonyl (C=O) groups excluding carboxylic acids is 3. The Morgan fingerprint density at radius 1 is 0.889 bits per heavy atom. The summed E-state index contributed by atoms with van der Waals surface area (Å²) in [5.74, 6) is -2.33. The molecule has 3 fully saturated rings. The smallest absolute Gasteiger partial charge is 0.469 e. The molecule has 0 spiro atoms. The highest BCUT2D eigenvalue weighted by atomic mass is 35.5. The highest BCUT2D eigenvalue weighted by Crippen LogP contribution is 2.48. The van der Waals surface area contributed by atoms with Crippen LogP contribution < -0.4 is 25.4 Å². The summed E-state index contributed by atoms with van der Waals surface area (Å²) >= 11 is 11.4. The van der Waals surface area contributed by atoms with E-state index in [1.807, 2.05) is 0 Å². The lowest BCUT2D eigenvalue weighted by atomic mass is 9.59. The number of fused-ring (bicyclic) bond motifs is 3. The number of hydrogen-bond acceptors (Lipinski definition) is 8. The Labute approximate surface area is 266 Å². The fourth-order valence-corrected chi connectivity index (χ4v) is 5.92. The SMILES string of the molecule is O=C(COc1ccc(Cl)c(F)c1)NC12CCC(NC(=O)COc3ccc(Cl)c(F)c3)(CC1)C(OC(=O)NCCOP(=O)(O)O)C2. The summed E-state index contributed by atoms with van der Waals surface area (Å²) in [7, 11) is -4.74. The van der Waals surface area contributed by atoms with Gasteiger partial charge in [0.15, 0.2) is 13.2 Å². The van der Waals surface area contributed by atoms with E-state index in [-0.39, 0.29) is 47.4 Å². The van der Waals surface area contributed by atoms with Gasteiger partial charge in [0.25, 0.3) is 11.8 Å². The Hall–Kier alpha value is -3.20. The molecule has 5 N–H and O–H groups in total. The molecule has 0 aromatic heterocycles. The van der Waals surface area contributed by atoms with E-state index in [9.17, 15) is 27.7 Å². The summed E-state index contributed by atoms with van der Waals surface area (Å²) in [5.41, 5.74) is -1.88. The van der Waals surface area contributed by atoms with Gasteiger partial charge in [-0.05, 0) is 49.9 Å².